The normalized spacial score (nSPS) is 14.2. The highest BCUT2D eigenvalue weighted by Gasteiger charge is 2.32. The molecule has 35 heavy (non-hydrogen) atoms. The maximum absolute atomic E-state index is 14.2. The van der Waals surface area contributed by atoms with E-state index in [1.807, 2.05) is 69.3 Å². The van der Waals surface area contributed by atoms with Crippen LogP contribution in [0.2, 0.25) is 0 Å². The van der Waals surface area contributed by atoms with Gasteiger partial charge in [0.05, 0.1) is 6.04 Å². The number of pyridine rings is 1. The van der Waals surface area contributed by atoms with Crippen LogP contribution in [0, 0.1) is 5.82 Å². The Bertz CT molecular complexity index is 1470. The first-order chi connectivity index (χ1) is 16.4. The highest BCUT2D eigenvalue weighted by Crippen LogP contribution is 2.35. The standard InChI is InChI=1S/C25H26FN3O4S2/c1-25(2,3)34(30)29-21(15-16-13-14-20(26)24(27-16)35(4,31)32)17-9-5-6-10-18(17)23-19-11-7-8-12-22(19)33-28-23/h5-14,21,29H,15H2,1-4H3/t21?,34-/m0/s1. The van der Waals surface area contributed by atoms with E-state index in [-0.39, 0.29) is 6.42 Å². The highest BCUT2D eigenvalue weighted by atomic mass is 32.2. The zero-order chi connectivity index (χ0) is 25.4. The molecule has 2 heterocycles. The van der Waals surface area contributed by atoms with E-state index in [2.05, 4.69) is 14.9 Å². The van der Waals surface area contributed by atoms with Crippen LogP contribution >= 0.6 is 0 Å². The van der Waals surface area contributed by atoms with Gasteiger partial charge in [0.15, 0.2) is 26.3 Å². The van der Waals surface area contributed by atoms with Crippen molar-refractivity contribution in [3.05, 3.63) is 77.7 Å². The van der Waals surface area contributed by atoms with Crippen LogP contribution in [-0.2, 0) is 27.6 Å². The fraction of sp³-hybridized carbons (Fsp3) is 0.280. The summed E-state index contributed by atoms with van der Waals surface area (Å²) in [6.45, 7) is 5.55. The van der Waals surface area contributed by atoms with Crippen LogP contribution in [0.4, 0.5) is 4.39 Å². The number of aromatic nitrogens is 2. The molecule has 0 amide bonds. The molecule has 0 aliphatic carbocycles. The summed E-state index contributed by atoms with van der Waals surface area (Å²) in [5, 5.41) is 4.50. The molecule has 2 aromatic carbocycles. The molecule has 2 atom stereocenters. The molecule has 0 aliphatic rings. The Morgan fingerprint density at radius 1 is 1.09 bits per heavy atom. The molecule has 0 saturated heterocycles. The zero-order valence-corrected chi connectivity index (χ0v) is 21.4. The van der Waals surface area contributed by atoms with E-state index in [0.717, 1.165) is 28.8 Å². The van der Waals surface area contributed by atoms with E-state index in [4.69, 9.17) is 4.52 Å². The van der Waals surface area contributed by atoms with Gasteiger partial charge in [-0.1, -0.05) is 41.6 Å². The minimum Gasteiger partial charge on any atom is -0.598 e. The Labute approximate surface area is 207 Å². The van der Waals surface area contributed by atoms with E-state index in [9.17, 15) is 17.4 Å². The van der Waals surface area contributed by atoms with Crippen molar-refractivity contribution in [3.63, 3.8) is 0 Å². The molecule has 0 radical (unpaired) electrons. The van der Waals surface area contributed by atoms with Gasteiger partial charge in [-0.05, 0) is 50.6 Å². The Balaban J connectivity index is 1.82. The van der Waals surface area contributed by atoms with Gasteiger partial charge in [0, 0.05) is 40.7 Å². The Morgan fingerprint density at radius 3 is 2.49 bits per heavy atom. The molecule has 0 fully saturated rings. The second-order valence-electron chi connectivity index (χ2n) is 9.23. The number of sulfone groups is 1. The van der Waals surface area contributed by atoms with Crippen molar-refractivity contribution in [2.24, 2.45) is 0 Å². The van der Waals surface area contributed by atoms with Gasteiger partial charge >= 0.3 is 0 Å². The van der Waals surface area contributed by atoms with Gasteiger partial charge in [-0.2, -0.15) is 0 Å². The number of hydrogen-bond acceptors (Lipinski definition) is 7. The van der Waals surface area contributed by atoms with Crippen molar-refractivity contribution in [1.29, 1.82) is 0 Å². The summed E-state index contributed by atoms with van der Waals surface area (Å²) in [6, 6.07) is 17.0. The third-order valence-corrected chi connectivity index (χ3v) is 8.01. The molecule has 0 spiro atoms. The molecular formula is C25H26FN3O4S2. The number of nitrogens with one attached hydrogen (secondary N) is 1. The maximum Gasteiger partial charge on any atom is 0.195 e. The van der Waals surface area contributed by atoms with Gasteiger partial charge in [-0.3, -0.25) is 0 Å². The predicted octanol–water partition coefficient (Wildman–Crippen LogP) is 4.77. The van der Waals surface area contributed by atoms with Crippen LogP contribution in [0.1, 0.15) is 38.1 Å². The van der Waals surface area contributed by atoms with Crippen molar-refractivity contribution in [2.45, 2.75) is 43.0 Å². The number of halogens is 1. The van der Waals surface area contributed by atoms with Crippen molar-refractivity contribution >= 4 is 32.2 Å². The van der Waals surface area contributed by atoms with Gasteiger partial charge in [0.2, 0.25) is 0 Å². The Morgan fingerprint density at radius 2 is 1.77 bits per heavy atom. The minimum absolute atomic E-state index is 0.164. The Kier molecular flexibility index (Phi) is 7.01. The molecule has 0 bridgehead atoms. The second kappa shape index (κ2) is 9.69. The van der Waals surface area contributed by atoms with Gasteiger partial charge in [-0.15, -0.1) is 4.72 Å². The average molecular weight is 516 g/mol. The molecule has 0 saturated carbocycles. The lowest BCUT2D eigenvalue weighted by atomic mass is 9.94. The summed E-state index contributed by atoms with van der Waals surface area (Å²) in [6.07, 6.45) is 1.08. The van der Waals surface area contributed by atoms with Gasteiger partial charge in [0.1, 0.15) is 10.4 Å². The van der Waals surface area contributed by atoms with E-state index in [0.29, 0.717) is 17.0 Å². The summed E-state index contributed by atoms with van der Waals surface area (Å²) in [4.78, 5) is 4.08. The molecule has 1 N–H and O–H groups in total. The Hall–Kier alpha value is -2.79. The third-order valence-electron chi connectivity index (χ3n) is 5.41. The summed E-state index contributed by atoms with van der Waals surface area (Å²) in [7, 11) is -3.86. The predicted molar refractivity (Wildman–Crippen MR) is 134 cm³/mol. The zero-order valence-electron chi connectivity index (χ0n) is 19.8. The van der Waals surface area contributed by atoms with Crippen LogP contribution < -0.4 is 4.72 Å². The molecule has 0 aliphatic heterocycles. The first kappa shape index (κ1) is 25.3. The van der Waals surface area contributed by atoms with E-state index in [1.165, 1.54) is 6.07 Å². The third kappa shape index (κ3) is 5.56. The van der Waals surface area contributed by atoms with Crippen LogP contribution in [-0.4, -0.2) is 34.1 Å². The van der Waals surface area contributed by atoms with Crippen LogP contribution in [0.5, 0.6) is 0 Å². The minimum atomic E-state index is -3.86. The number of para-hydroxylation sites is 1. The van der Waals surface area contributed by atoms with Gasteiger partial charge in [0.25, 0.3) is 0 Å². The molecule has 4 aromatic rings. The summed E-state index contributed by atoms with van der Waals surface area (Å²) in [5.74, 6) is -0.909. The van der Waals surface area contributed by atoms with Crippen molar-refractivity contribution in [3.8, 4) is 11.3 Å². The number of rotatable bonds is 7. The van der Waals surface area contributed by atoms with Crippen molar-refractivity contribution < 1.29 is 21.9 Å². The fourth-order valence-electron chi connectivity index (χ4n) is 3.66. The van der Waals surface area contributed by atoms with Crippen molar-refractivity contribution in [1.82, 2.24) is 14.9 Å². The summed E-state index contributed by atoms with van der Waals surface area (Å²) < 4.78 is 59.4. The first-order valence-electron chi connectivity index (χ1n) is 10.9. The van der Waals surface area contributed by atoms with Gasteiger partial charge < -0.3 is 9.08 Å². The summed E-state index contributed by atoms with van der Waals surface area (Å²) >= 11 is -1.46. The number of benzene rings is 2. The lowest BCUT2D eigenvalue weighted by Crippen LogP contribution is -2.42. The molecule has 184 valence electrons. The van der Waals surface area contributed by atoms with E-state index >= 15 is 0 Å². The molecule has 1 unspecified atom stereocenters. The molecule has 2 aromatic heterocycles. The highest BCUT2D eigenvalue weighted by molar-refractivity contribution is 7.91. The number of fused-ring (bicyclic) bond motifs is 1. The number of hydrogen-bond donors (Lipinski definition) is 1. The SMILES string of the molecule is CC(C)(C)[S@+]([O-])NC(Cc1ccc(F)c(S(C)(=O)=O)n1)c1ccccc1-c1noc2ccccc12. The first-order valence-corrected chi connectivity index (χ1v) is 14.0. The molecule has 10 heteroatoms. The van der Waals surface area contributed by atoms with Crippen LogP contribution in [0.15, 0.2) is 70.2 Å². The lowest BCUT2D eigenvalue weighted by molar-refractivity contribution is 0.459. The van der Waals surface area contributed by atoms with E-state index in [1.54, 1.807) is 0 Å². The fourth-order valence-corrected chi connectivity index (χ4v) is 5.19. The quantitative estimate of drug-likeness (QED) is 0.353. The van der Waals surface area contributed by atoms with Crippen LogP contribution in [0.25, 0.3) is 22.2 Å². The topological polar surface area (TPSA) is 108 Å². The second-order valence-corrected chi connectivity index (χ2v) is 13.2. The largest absolute Gasteiger partial charge is 0.598 e. The monoisotopic (exact) mass is 515 g/mol. The van der Waals surface area contributed by atoms with Crippen molar-refractivity contribution in [2.75, 3.05) is 6.26 Å². The number of nitrogens with zero attached hydrogens (tertiary/aromatic N) is 2. The lowest BCUT2D eigenvalue weighted by Gasteiger charge is -2.29. The smallest absolute Gasteiger partial charge is 0.195 e. The van der Waals surface area contributed by atoms with E-state index < -0.39 is 42.8 Å². The summed E-state index contributed by atoms with van der Waals surface area (Å²) in [5.41, 5.74) is 3.16. The van der Waals surface area contributed by atoms with Gasteiger partial charge in [-0.25, -0.2) is 17.8 Å². The van der Waals surface area contributed by atoms with Crippen LogP contribution in [0.3, 0.4) is 0 Å². The maximum atomic E-state index is 14.2. The molecular weight excluding hydrogens is 489 g/mol. The molecule has 4 rings (SSSR count). The average Bonchev–Trinajstić information content (AvgIpc) is 3.22. The molecule has 7 nitrogen and oxygen atoms in total.